The van der Waals surface area contributed by atoms with Crippen molar-refractivity contribution in [2.24, 2.45) is 5.92 Å². The molecule has 3 heteroatoms. The van der Waals surface area contributed by atoms with Crippen molar-refractivity contribution in [1.29, 1.82) is 0 Å². The first-order valence-electron chi connectivity index (χ1n) is 8.27. The van der Waals surface area contributed by atoms with Crippen LogP contribution in [0.15, 0.2) is 0 Å². The van der Waals surface area contributed by atoms with Gasteiger partial charge in [0.25, 0.3) is 0 Å². The van der Waals surface area contributed by atoms with E-state index in [0.29, 0.717) is 12.1 Å². The van der Waals surface area contributed by atoms with E-state index in [2.05, 4.69) is 42.8 Å². The number of hydrogen-bond donors (Lipinski definition) is 1. The molecule has 0 spiro atoms. The zero-order valence-corrected chi connectivity index (χ0v) is 13.4. The van der Waals surface area contributed by atoms with Crippen molar-refractivity contribution in [2.75, 3.05) is 32.7 Å². The number of rotatable bonds is 5. The smallest absolute Gasteiger partial charge is 0.0235 e. The van der Waals surface area contributed by atoms with Crippen LogP contribution in [0.2, 0.25) is 0 Å². The molecule has 0 bridgehead atoms. The number of piperidine rings is 1. The molecule has 2 aliphatic heterocycles. The predicted molar refractivity (Wildman–Crippen MR) is 82.5 cm³/mol. The van der Waals surface area contributed by atoms with Crippen LogP contribution >= 0.6 is 0 Å². The minimum atomic E-state index is 0.623. The molecule has 1 N–H and O–H groups in total. The summed E-state index contributed by atoms with van der Waals surface area (Å²) in [5.41, 5.74) is 0. The summed E-state index contributed by atoms with van der Waals surface area (Å²) in [5.74, 6) is 0.865. The minimum absolute atomic E-state index is 0.623. The largest absolute Gasteiger partial charge is 0.314 e. The van der Waals surface area contributed by atoms with Gasteiger partial charge < -0.3 is 5.32 Å². The average molecular weight is 267 g/mol. The Labute approximate surface area is 119 Å². The summed E-state index contributed by atoms with van der Waals surface area (Å²) >= 11 is 0. The minimum Gasteiger partial charge on any atom is -0.314 e. The highest BCUT2D eigenvalue weighted by molar-refractivity contribution is 4.88. The molecule has 0 aromatic carbocycles. The predicted octanol–water partition coefficient (Wildman–Crippen LogP) is 2.18. The van der Waals surface area contributed by atoms with Gasteiger partial charge in [-0.2, -0.15) is 0 Å². The van der Waals surface area contributed by atoms with E-state index in [1.165, 1.54) is 52.0 Å². The van der Waals surface area contributed by atoms with E-state index in [4.69, 9.17) is 0 Å². The fourth-order valence-electron chi connectivity index (χ4n) is 3.53. The molecule has 3 nitrogen and oxygen atoms in total. The quantitative estimate of drug-likeness (QED) is 0.824. The van der Waals surface area contributed by atoms with Crippen LogP contribution < -0.4 is 5.32 Å². The highest BCUT2D eigenvalue weighted by Crippen LogP contribution is 2.24. The van der Waals surface area contributed by atoms with Crippen LogP contribution in [-0.2, 0) is 0 Å². The standard InChI is InChI=1S/C16H33N3/c1-13(2)17-10-15-6-5-8-19(11-15)16-7-9-18(12-16)14(3)4/h13-17H,5-12H2,1-4H3. The van der Waals surface area contributed by atoms with Gasteiger partial charge in [-0.25, -0.2) is 0 Å². The van der Waals surface area contributed by atoms with Gasteiger partial charge in [-0.1, -0.05) is 13.8 Å². The maximum Gasteiger partial charge on any atom is 0.0235 e. The Morgan fingerprint density at radius 3 is 2.47 bits per heavy atom. The van der Waals surface area contributed by atoms with Crippen molar-refractivity contribution in [3.05, 3.63) is 0 Å². The topological polar surface area (TPSA) is 18.5 Å². The van der Waals surface area contributed by atoms with Crippen LogP contribution in [0.25, 0.3) is 0 Å². The molecular weight excluding hydrogens is 234 g/mol. The van der Waals surface area contributed by atoms with Gasteiger partial charge in [0.15, 0.2) is 0 Å². The van der Waals surface area contributed by atoms with Crippen LogP contribution in [0.4, 0.5) is 0 Å². The molecule has 19 heavy (non-hydrogen) atoms. The van der Waals surface area contributed by atoms with Gasteiger partial charge in [0.2, 0.25) is 0 Å². The van der Waals surface area contributed by atoms with E-state index in [9.17, 15) is 0 Å². The Balaban J connectivity index is 1.78. The van der Waals surface area contributed by atoms with Crippen LogP contribution in [0, 0.1) is 5.92 Å². The maximum atomic E-state index is 3.62. The van der Waals surface area contributed by atoms with Crippen molar-refractivity contribution >= 4 is 0 Å². The zero-order chi connectivity index (χ0) is 13.8. The van der Waals surface area contributed by atoms with Gasteiger partial charge in [0, 0.05) is 37.8 Å². The third-order valence-corrected chi connectivity index (χ3v) is 4.81. The van der Waals surface area contributed by atoms with Crippen LogP contribution in [0.1, 0.15) is 47.0 Å². The Hall–Kier alpha value is -0.120. The van der Waals surface area contributed by atoms with Crippen LogP contribution in [0.3, 0.4) is 0 Å². The number of hydrogen-bond acceptors (Lipinski definition) is 3. The molecule has 2 heterocycles. The van der Waals surface area contributed by atoms with E-state index in [-0.39, 0.29) is 0 Å². The lowest BCUT2D eigenvalue weighted by molar-refractivity contribution is 0.119. The van der Waals surface area contributed by atoms with E-state index in [1.807, 2.05) is 0 Å². The summed E-state index contributed by atoms with van der Waals surface area (Å²) < 4.78 is 0. The lowest BCUT2D eigenvalue weighted by atomic mass is 9.96. The van der Waals surface area contributed by atoms with Crippen LogP contribution in [0.5, 0.6) is 0 Å². The van der Waals surface area contributed by atoms with Crippen molar-refractivity contribution < 1.29 is 0 Å². The van der Waals surface area contributed by atoms with E-state index in [1.54, 1.807) is 0 Å². The second-order valence-corrected chi connectivity index (χ2v) is 7.10. The van der Waals surface area contributed by atoms with Crippen molar-refractivity contribution in [3.8, 4) is 0 Å². The van der Waals surface area contributed by atoms with Crippen molar-refractivity contribution in [1.82, 2.24) is 15.1 Å². The summed E-state index contributed by atoms with van der Waals surface area (Å²) in [6.07, 6.45) is 4.18. The SMILES string of the molecule is CC(C)NCC1CCCN(C2CCN(C(C)C)C2)C1. The molecule has 0 aromatic heterocycles. The second-order valence-electron chi connectivity index (χ2n) is 7.10. The van der Waals surface area contributed by atoms with Gasteiger partial charge in [-0.15, -0.1) is 0 Å². The normalized spacial score (nSPS) is 30.6. The van der Waals surface area contributed by atoms with Gasteiger partial charge in [-0.3, -0.25) is 9.80 Å². The summed E-state index contributed by atoms with van der Waals surface area (Å²) in [6, 6.07) is 2.16. The Kier molecular flexibility index (Phi) is 5.67. The molecule has 0 radical (unpaired) electrons. The third kappa shape index (κ3) is 4.44. The Morgan fingerprint density at radius 1 is 1.05 bits per heavy atom. The first-order chi connectivity index (χ1) is 9.06. The molecule has 2 rings (SSSR count). The fraction of sp³-hybridized carbons (Fsp3) is 1.00. The molecule has 2 saturated heterocycles. The lowest BCUT2D eigenvalue weighted by Crippen LogP contribution is -2.47. The summed E-state index contributed by atoms with van der Waals surface area (Å²) in [5, 5.41) is 3.62. The van der Waals surface area contributed by atoms with E-state index >= 15 is 0 Å². The number of nitrogens with one attached hydrogen (secondary N) is 1. The Morgan fingerprint density at radius 2 is 1.84 bits per heavy atom. The lowest BCUT2D eigenvalue weighted by Gasteiger charge is -2.37. The molecule has 2 unspecified atom stereocenters. The van der Waals surface area contributed by atoms with E-state index < -0.39 is 0 Å². The highest BCUT2D eigenvalue weighted by Gasteiger charge is 2.31. The molecule has 2 aliphatic rings. The summed E-state index contributed by atoms with van der Waals surface area (Å²) in [6.45, 7) is 15.6. The summed E-state index contributed by atoms with van der Waals surface area (Å²) in [7, 11) is 0. The summed E-state index contributed by atoms with van der Waals surface area (Å²) in [4.78, 5) is 5.42. The fourth-order valence-corrected chi connectivity index (χ4v) is 3.53. The first kappa shape index (κ1) is 15.3. The van der Waals surface area contributed by atoms with Crippen molar-refractivity contribution in [2.45, 2.75) is 65.1 Å². The molecule has 112 valence electrons. The van der Waals surface area contributed by atoms with Crippen molar-refractivity contribution in [3.63, 3.8) is 0 Å². The third-order valence-electron chi connectivity index (χ3n) is 4.81. The first-order valence-corrected chi connectivity index (χ1v) is 8.27. The molecule has 0 amide bonds. The molecule has 2 atom stereocenters. The zero-order valence-electron chi connectivity index (χ0n) is 13.4. The van der Waals surface area contributed by atoms with Gasteiger partial charge >= 0.3 is 0 Å². The van der Waals surface area contributed by atoms with Gasteiger partial charge in [0.05, 0.1) is 0 Å². The van der Waals surface area contributed by atoms with Gasteiger partial charge in [0.1, 0.15) is 0 Å². The number of likely N-dealkylation sites (tertiary alicyclic amines) is 2. The number of nitrogens with zero attached hydrogens (tertiary/aromatic N) is 2. The molecule has 0 aliphatic carbocycles. The molecule has 0 aromatic rings. The molecular formula is C16H33N3. The molecule has 0 saturated carbocycles. The van der Waals surface area contributed by atoms with Crippen LogP contribution in [-0.4, -0.2) is 60.6 Å². The maximum absolute atomic E-state index is 3.62. The van der Waals surface area contributed by atoms with E-state index in [0.717, 1.165) is 12.0 Å². The molecule has 2 fully saturated rings. The second kappa shape index (κ2) is 7.05. The Bertz CT molecular complexity index is 265. The average Bonchev–Trinajstić information content (AvgIpc) is 2.86. The highest BCUT2D eigenvalue weighted by atomic mass is 15.3. The monoisotopic (exact) mass is 267 g/mol. The van der Waals surface area contributed by atoms with Gasteiger partial charge in [-0.05, 0) is 52.1 Å².